The summed E-state index contributed by atoms with van der Waals surface area (Å²) in [5.74, 6) is 0. The largest absolute Gasteiger partial charge is 0.254 e. The van der Waals surface area contributed by atoms with Crippen LogP contribution in [0.1, 0.15) is 32.1 Å². The molecule has 0 bridgehead atoms. The lowest BCUT2D eigenvalue weighted by atomic mass is 9.88. The van der Waals surface area contributed by atoms with Crippen LogP contribution in [0, 0.1) is 0 Å². The molecule has 2 rings (SSSR count). The molecule has 0 aromatic carbocycles. The van der Waals surface area contributed by atoms with Gasteiger partial charge in [-0.25, -0.2) is 0 Å². The minimum Gasteiger partial charge on any atom is -0.254 e. The summed E-state index contributed by atoms with van der Waals surface area (Å²) in [6, 6.07) is 0. The van der Waals surface area contributed by atoms with Gasteiger partial charge in [0.15, 0.2) is 0 Å². The van der Waals surface area contributed by atoms with Crippen LogP contribution in [0.2, 0.25) is 0 Å². The molecule has 0 amide bonds. The second-order valence-electron chi connectivity index (χ2n) is 3.23. The summed E-state index contributed by atoms with van der Waals surface area (Å²) in [5.41, 5.74) is 0. The van der Waals surface area contributed by atoms with Gasteiger partial charge in [-0.15, -0.1) is 0 Å². The summed E-state index contributed by atoms with van der Waals surface area (Å²) < 4.78 is 11.4. The SMILES string of the molecule is O=S1C=CC12CCCCC2. The lowest BCUT2D eigenvalue weighted by Crippen LogP contribution is -2.38. The van der Waals surface area contributed by atoms with E-state index < -0.39 is 10.8 Å². The van der Waals surface area contributed by atoms with Gasteiger partial charge in [0.1, 0.15) is 0 Å². The van der Waals surface area contributed by atoms with Crippen molar-refractivity contribution in [3.63, 3.8) is 0 Å². The molecule has 0 aromatic rings. The van der Waals surface area contributed by atoms with Gasteiger partial charge in [0.25, 0.3) is 0 Å². The van der Waals surface area contributed by atoms with Crippen molar-refractivity contribution < 1.29 is 4.21 Å². The highest BCUT2D eigenvalue weighted by molar-refractivity contribution is 7.91. The first-order valence-electron chi connectivity index (χ1n) is 3.94. The van der Waals surface area contributed by atoms with Crippen LogP contribution < -0.4 is 0 Å². The molecule has 1 unspecified atom stereocenters. The summed E-state index contributed by atoms with van der Waals surface area (Å²) in [7, 11) is -0.618. The fourth-order valence-electron chi connectivity index (χ4n) is 1.83. The van der Waals surface area contributed by atoms with Gasteiger partial charge >= 0.3 is 0 Å². The van der Waals surface area contributed by atoms with Gasteiger partial charge in [0.05, 0.1) is 15.5 Å². The second kappa shape index (κ2) is 2.19. The average molecular weight is 156 g/mol. The Hall–Kier alpha value is -0.110. The second-order valence-corrected chi connectivity index (χ2v) is 4.91. The molecule has 1 spiro atoms. The van der Waals surface area contributed by atoms with E-state index >= 15 is 0 Å². The fourth-order valence-corrected chi connectivity index (χ4v) is 3.16. The van der Waals surface area contributed by atoms with Crippen molar-refractivity contribution in [1.82, 2.24) is 0 Å². The van der Waals surface area contributed by atoms with Crippen molar-refractivity contribution in [1.29, 1.82) is 0 Å². The molecule has 2 aliphatic rings. The Morgan fingerprint density at radius 3 is 2.20 bits per heavy atom. The summed E-state index contributed by atoms with van der Waals surface area (Å²) >= 11 is 0. The highest BCUT2D eigenvalue weighted by Gasteiger charge is 2.39. The van der Waals surface area contributed by atoms with E-state index in [1.54, 1.807) is 0 Å². The maximum Gasteiger partial charge on any atom is 0.0687 e. The number of hydrogen-bond donors (Lipinski definition) is 0. The molecule has 1 saturated carbocycles. The molecule has 0 N–H and O–H groups in total. The molecule has 56 valence electrons. The van der Waals surface area contributed by atoms with Crippen molar-refractivity contribution in [3.8, 4) is 0 Å². The van der Waals surface area contributed by atoms with Crippen LogP contribution in [0.5, 0.6) is 0 Å². The first-order chi connectivity index (χ1) is 4.83. The van der Waals surface area contributed by atoms with Gasteiger partial charge in [-0.05, 0) is 12.8 Å². The van der Waals surface area contributed by atoms with Crippen LogP contribution in [-0.4, -0.2) is 8.96 Å². The molecule has 10 heavy (non-hydrogen) atoms. The number of hydrogen-bond acceptors (Lipinski definition) is 1. The maximum atomic E-state index is 11.2. The van der Waals surface area contributed by atoms with Gasteiger partial charge in [0.2, 0.25) is 0 Å². The molecular weight excluding hydrogens is 144 g/mol. The van der Waals surface area contributed by atoms with Crippen LogP contribution >= 0.6 is 0 Å². The van der Waals surface area contributed by atoms with Gasteiger partial charge in [-0.2, -0.15) is 0 Å². The Bertz CT molecular complexity index is 189. The molecule has 1 fully saturated rings. The smallest absolute Gasteiger partial charge is 0.0687 e. The highest BCUT2D eigenvalue weighted by Crippen LogP contribution is 2.40. The van der Waals surface area contributed by atoms with Crippen molar-refractivity contribution >= 4 is 10.8 Å². The molecule has 0 radical (unpaired) electrons. The highest BCUT2D eigenvalue weighted by atomic mass is 32.2. The predicted octanol–water partition coefficient (Wildman–Crippen LogP) is 1.97. The quantitative estimate of drug-likeness (QED) is 0.524. The van der Waals surface area contributed by atoms with Crippen LogP contribution in [0.4, 0.5) is 0 Å². The molecule has 0 saturated heterocycles. The Kier molecular flexibility index (Phi) is 1.44. The number of rotatable bonds is 0. The van der Waals surface area contributed by atoms with Crippen LogP contribution in [0.3, 0.4) is 0 Å². The molecule has 1 nitrogen and oxygen atoms in total. The van der Waals surface area contributed by atoms with Crippen LogP contribution in [-0.2, 0) is 10.8 Å². The van der Waals surface area contributed by atoms with Gasteiger partial charge in [-0.3, -0.25) is 4.21 Å². The summed E-state index contributed by atoms with van der Waals surface area (Å²) in [6.07, 6.45) is 8.37. The maximum absolute atomic E-state index is 11.2. The lowest BCUT2D eigenvalue weighted by Gasteiger charge is -2.37. The van der Waals surface area contributed by atoms with Crippen molar-refractivity contribution in [2.24, 2.45) is 0 Å². The van der Waals surface area contributed by atoms with Crippen LogP contribution in [0.25, 0.3) is 0 Å². The third-order valence-corrected chi connectivity index (χ3v) is 4.32. The van der Waals surface area contributed by atoms with E-state index in [4.69, 9.17) is 0 Å². The Labute approximate surface area is 64.0 Å². The van der Waals surface area contributed by atoms with Crippen molar-refractivity contribution in [2.75, 3.05) is 0 Å². The molecule has 1 heterocycles. The topological polar surface area (TPSA) is 17.1 Å². The first kappa shape index (κ1) is 6.59. The fraction of sp³-hybridized carbons (Fsp3) is 0.750. The average Bonchev–Trinajstić information content (AvgIpc) is 2.04. The third-order valence-electron chi connectivity index (χ3n) is 2.60. The minimum absolute atomic E-state index is 0.151. The zero-order valence-corrected chi connectivity index (χ0v) is 6.82. The van der Waals surface area contributed by atoms with E-state index in [0.29, 0.717) is 0 Å². The van der Waals surface area contributed by atoms with Gasteiger partial charge in [-0.1, -0.05) is 25.3 Å². The molecule has 1 aliphatic heterocycles. The zero-order valence-electron chi connectivity index (χ0n) is 6.01. The van der Waals surface area contributed by atoms with Crippen molar-refractivity contribution in [2.45, 2.75) is 36.9 Å². The lowest BCUT2D eigenvalue weighted by molar-refractivity contribution is 0.436. The van der Waals surface area contributed by atoms with Crippen LogP contribution in [0.15, 0.2) is 11.5 Å². The molecule has 0 aromatic heterocycles. The predicted molar refractivity (Wildman–Crippen MR) is 43.1 cm³/mol. The first-order valence-corrected chi connectivity index (χ1v) is 5.15. The van der Waals surface area contributed by atoms with E-state index in [2.05, 4.69) is 6.08 Å². The minimum atomic E-state index is -0.618. The van der Waals surface area contributed by atoms with Gasteiger partial charge < -0.3 is 0 Å². The van der Waals surface area contributed by atoms with Crippen molar-refractivity contribution in [3.05, 3.63) is 11.5 Å². The third kappa shape index (κ3) is 0.782. The van der Waals surface area contributed by atoms with E-state index in [1.165, 1.54) is 19.3 Å². The van der Waals surface area contributed by atoms with E-state index in [-0.39, 0.29) is 4.75 Å². The normalized spacial score (nSPS) is 35.8. The van der Waals surface area contributed by atoms with E-state index in [0.717, 1.165) is 12.8 Å². The van der Waals surface area contributed by atoms with Gasteiger partial charge in [0, 0.05) is 5.41 Å². The standard InChI is InChI=1S/C8H12OS/c9-10-7-6-8(10)4-2-1-3-5-8/h6-7H,1-5H2. The molecular formula is C8H12OS. The van der Waals surface area contributed by atoms with E-state index in [9.17, 15) is 4.21 Å². The molecule has 1 atom stereocenters. The Morgan fingerprint density at radius 2 is 1.90 bits per heavy atom. The summed E-state index contributed by atoms with van der Waals surface area (Å²) in [6.45, 7) is 0. The van der Waals surface area contributed by atoms with E-state index in [1.807, 2.05) is 5.41 Å². The summed E-state index contributed by atoms with van der Waals surface area (Å²) in [4.78, 5) is 0. The molecule has 2 heteroatoms. The Balaban J connectivity index is 2.15. The zero-order chi connectivity index (χ0) is 7.03. The monoisotopic (exact) mass is 156 g/mol. The Morgan fingerprint density at radius 1 is 1.20 bits per heavy atom. The summed E-state index contributed by atoms with van der Waals surface area (Å²) in [5, 5.41) is 1.84. The molecule has 1 aliphatic carbocycles.